The molecule has 3 aromatic rings. The van der Waals surface area contributed by atoms with Crippen molar-refractivity contribution < 1.29 is 55.3 Å². The van der Waals surface area contributed by atoms with Gasteiger partial charge in [0.25, 0.3) is 11.8 Å². The number of nitrogens with zero attached hydrogens (tertiary/aromatic N) is 3. The maximum atomic E-state index is 14.9. The van der Waals surface area contributed by atoms with E-state index >= 15 is 0 Å². The molecule has 0 radical (unpaired) electrons. The summed E-state index contributed by atoms with van der Waals surface area (Å²) in [5.41, 5.74) is -3.87. The SMILES string of the molecule is CCC[C@H]1N(C(=O)c2ncccc2C(F)(F)F)CCC[C@@]1(Oc1csc(C(F)(F)F)c1)C(=O)N1CCC(O)(c2ccccc2CCOCCCC(C)=O)CC1. The number of amides is 2. The Hall–Kier alpha value is -4.02. The largest absolute Gasteiger partial charge is 0.474 e. The molecule has 2 amide bonds. The van der Waals surface area contributed by atoms with E-state index in [1.165, 1.54) is 11.8 Å². The van der Waals surface area contributed by atoms with Gasteiger partial charge in [0.15, 0.2) is 0 Å². The molecule has 5 rings (SSSR count). The highest BCUT2D eigenvalue weighted by Crippen LogP contribution is 2.44. The fourth-order valence-corrected chi connectivity index (χ4v) is 8.27. The van der Waals surface area contributed by atoms with Crippen molar-refractivity contribution in [1.29, 1.82) is 0 Å². The Kier molecular flexibility index (Phi) is 13.3. The van der Waals surface area contributed by atoms with Gasteiger partial charge < -0.3 is 29.2 Å². The van der Waals surface area contributed by atoms with E-state index in [1.807, 2.05) is 18.2 Å². The number of ketones is 1. The van der Waals surface area contributed by atoms with Gasteiger partial charge in [-0.25, -0.2) is 0 Å². The van der Waals surface area contributed by atoms with Gasteiger partial charge in [0.2, 0.25) is 5.60 Å². The second-order valence-electron chi connectivity index (χ2n) is 14.1. The number of aliphatic hydroxyl groups is 1. The second kappa shape index (κ2) is 17.4. The number of aromatic nitrogens is 1. The van der Waals surface area contributed by atoms with Crippen LogP contribution in [0.25, 0.3) is 0 Å². The third-order valence-electron chi connectivity index (χ3n) is 10.2. The quantitative estimate of drug-likeness (QED) is 0.131. The van der Waals surface area contributed by atoms with E-state index in [0.29, 0.717) is 55.8 Å². The van der Waals surface area contributed by atoms with Crippen molar-refractivity contribution in [3.05, 3.63) is 81.3 Å². The molecule has 16 heteroatoms. The highest BCUT2D eigenvalue weighted by molar-refractivity contribution is 7.10. The van der Waals surface area contributed by atoms with Gasteiger partial charge in [-0.2, -0.15) is 26.3 Å². The molecule has 0 saturated carbocycles. The summed E-state index contributed by atoms with van der Waals surface area (Å²) in [6, 6.07) is 8.77. The van der Waals surface area contributed by atoms with Crippen LogP contribution in [0, 0.1) is 0 Å². The summed E-state index contributed by atoms with van der Waals surface area (Å²) in [5.74, 6) is -1.87. The minimum absolute atomic E-state index is 0.0260. The zero-order chi connectivity index (χ0) is 40.0. The molecule has 1 N–H and O–H groups in total. The van der Waals surface area contributed by atoms with Gasteiger partial charge in [-0.05, 0) is 68.7 Å². The summed E-state index contributed by atoms with van der Waals surface area (Å²) in [7, 11) is 0. The first-order valence-corrected chi connectivity index (χ1v) is 19.2. The minimum Gasteiger partial charge on any atom is -0.474 e. The first-order chi connectivity index (χ1) is 26.0. The van der Waals surface area contributed by atoms with Crippen LogP contribution in [0.5, 0.6) is 5.75 Å². The van der Waals surface area contributed by atoms with Crippen LogP contribution < -0.4 is 4.74 Å². The maximum absolute atomic E-state index is 14.9. The van der Waals surface area contributed by atoms with Crippen LogP contribution in [0.15, 0.2) is 54.0 Å². The number of thiophene rings is 1. The van der Waals surface area contributed by atoms with E-state index in [1.54, 1.807) is 13.0 Å². The van der Waals surface area contributed by atoms with Gasteiger partial charge >= 0.3 is 12.4 Å². The Morgan fingerprint density at radius 3 is 2.36 bits per heavy atom. The lowest BCUT2D eigenvalue weighted by Crippen LogP contribution is -2.68. The number of hydrogen-bond donors (Lipinski definition) is 1. The van der Waals surface area contributed by atoms with E-state index in [9.17, 15) is 45.8 Å². The lowest BCUT2D eigenvalue weighted by Gasteiger charge is -2.51. The van der Waals surface area contributed by atoms with E-state index in [0.717, 1.165) is 40.2 Å². The van der Waals surface area contributed by atoms with E-state index in [-0.39, 0.29) is 63.3 Å². The topological polar surface area (TPSA) is 109 Å². The van der Waals surface area contributed by atoms with Crippen molar-refractivity contribution >= 4 is 28.9 Å². The highest BCUT2D eigenvalue weighted by atomic mass is 32.1. The molecule has 2 atom stereocenters. The number of Topliss-reactive ketones (excluding diaryl/α,β-unsaturated/α-hetero) is 1. The van der Waals surface area contributed by atoms with Crippen LogP contribution in [-0.4, -0.2) is 82.0 Å². The molecule has 1 aromatic carbocycles. The van der Waals surface area contributed by atoms with Gasteiger partial charge in [-0.1, -0.05) is 37.6 Å². The van der Waals surface area contributed by atoms with Crippen molar-refractivity contribution in [2.45, 2.75) is 101 Å². The molecule has 2 aliphatic heterocycles. The molecule has 4 heterocycles. The number of carbonyl (C=O) groups is 3. The Balaban J connectivity index is 1.44. The molecular weight excluding hydrogens is 752 g/mol. The molecule has 0 aliphatic carbocycles. The number of alkyl halides is 6. The fourth-order valence-electron chi connectivity index (χ4n) is 7.59. The predicted molar refractivity (Wildman–Crippen MR) is 191 cm³/mol. The average molecular weight is 798 g/mol. The minimum atomic E-state index is -4.91. The van der Waals surface area contributed by atoms with Gasteiger partial charge in [-0.3, -0.25) is 14.6 Å². The maximum Gasteiger partial charge on any atom is 0.425 e. The number of piperidine rings is 2. The molecule has 300 valence electrons. The lowest BCUT2D eigenvalue weighted by molar-refractivity contribution is -0.163. The van der Waals surface area contributed by atoms with Crippen LogP contribution in [0.3, 0.4) is 0 Å². The van der Waals surface area contributed by atoms with E-state index in [2.05, 4.69) is 4.98 Å². The van der Waals surface area contributed by atoms with Crippen LogP contribution in [0.2, 0.25) is 0 Å². The van der Waals surface area contributed by atoms with Crippen molar-refractivity contribution in [3.63, 3.8) is 0 Å². The summed E-state index contributed by atoms with van der Waals surface area (Å²) in [6.07, 6.45) is -6.28. The van der Waals surface area contributed by atoms with Crippen LogP contribution >= 0.6 is 11.3 Å². The molecule has 0 spiro atoms. The van der Waals surface area contributed by atoms with Crippen LogP contribution in [0.4, 0.5) is 26.3 Å². The van der Waals surface area contributed by atoms with E-state index < -0.39 is 57.5 Å². The van der Waals surface area contributed by atoms with Crippen molar-refractivity contribution in [1.82, 2.24) is 14.8 Å². The Morgan fingerprint density at radius 1 is 0.982 bits per heavy atom. The molecular formula is C39H45F6N3O6S. The highest BCUT2D eigenvalue weighted by Gasteiger charge is 2.56. The first kappa shape index (κ1) is 42.1. The predicted octanol–water partition coefficient (Wildman–Crippen LogP) is 7.84. The zero-order valence-electron chi connectivity index (χ0n) is 30.7. The molecule has 0 unspecified atom stereocenters. The molecule has 2 aromatic heterocycles. The number of hydrogen-bond acceptors (Lipinski definition) is 8. The van der Waals surface area contributed by atoms with Crippen molar-refractivity contribution in [2.75, 3.05) is 32.8 Å². The summed E-state index contributed by atoms with van der Waals surface area (Å²) < 4.78 is 95.2. The normalized spacial score (nSPS) is 20.3. The number of carbonyl (C=O) groups excluding carboxylic acids is 3. The summed E-state index contributed by atoms with van der Waals surface area (Å²) in [4.78, 5) is 45.6. The summed E-state index contributed by atoms with van der Waals surface area (Å²) in [5, 5.41) is 13.1. The zero-order valence-corrected chi connectivity index (χ0v) is 31.5. The van der Waals surface area contributed by atoms with Gasteiger partial charge in [-0.15, -0.1) is 11.3 Å². The van der Waals surface area contributed by atoms with Gasteiger partial charge in [0, 0.05) is 56.7 Å². The number of benzene rings is 1. The summed E-state index contributed by atoms with van der Waals surface area (Å²) >= 11 is 0.377. The van der Waals surface area contributed by atoms with Crippen LogP contribution in [-0.2, 0) is 38.7 Å². The fraction of sp³-hybridized carbons (Fsp3) is 0.538. The van der Waals surface area contributed by atoms with Crippen molar-refractivity contribution in [3.8, 4) is 5.75 Å². The molecule has 2 fully saturated rings. The number of likely N-dealkylation sites (tertiary alicyclic amines) is 2. The Morgan fingerprint density at radius 2 is 1.71 bits per heavy atom. The number of ether oxygens (including phenoxy) is 2. The van der Waals surface area contributed by atoms with Crippen LogP contribution in [0.1, 0.15) is 97.3 Å². The van der Waals surface area contributed by atoms with Crippen molar-refractivity contribution in [2.24, 2.45) is 0 Å². The second-order valence-corrected chi connectivity index (χ2v) is 15.0. The monoisotopic (exact) mass is 797 g/mol. The van der Waals surface area contributed by atoms with E-state index in [4.69, 9.17) is 9.47 Å². The molecule has 2 aliphatic rings. The smallest absolute Gasteiger partial charge is 0.425 e. The average Bonchev–Trinajstić information content (AvgIpc) is 3.62. The molecule has 9 nitrogen and oxygen atoms in total. The first-order valence-electron chi connectivity index (χ1n) is 18.4. The number of halogens is 6. The molecule has 0 bridgehead atoms. The third-order valence-corrected chi connectivity index (χ3v) is 11.2. The standard InChI is InChI=1S/C39H45F6N3O6S/c1-3-9-31-37(54-28-24-32(55-25-28)39(43,44)45,15-8-19-48(31)34(50)33-30(38(40,41)42)13-6-18-46-33)35(51)47-20-16-36(52,17-21-47)29-12-5-4-11-27(29)14-23-53-22-7-10-26(2)49/h4-6,11-13,18,24-25,31,52H,3,7-10,14-17,19-23H2,1-2H3/t31-,37+/m1/s1. The lowest BCUT2D eigenvalue weighted by atomic mass is 9.78. The van der Waals surface area contributed by atoms with Gasteiger partial charge in [0.05, 0.1) is 23.8 Å². The van der Waals surface area contributed by atoms with Gasteiger partial charge in [0.1, 0.15) is 22.1 Å². The third kappa shape index (κ3) is 9.69. The number of pyridine rings is 1. The Bertz CT molecular complexity index is 1810. The molecule has 55 heavy (non-hydrogen) atoms. The Labute approximate surface area is 319 Å². The summed E-state index contributed by atoms with van der Waals surface area (Å²) in [6.45, 7) is 4.08. The number of rotatable bonds is 14. The molecule has 2 saturated heterocycles.